The Morgan fingerprint density at radius 2 is 1.63 bits per heavy atom. The third-order valence-electron chi connectivity index (χ3n) is 4.68. The van der Waals surface area contributed by atoms with E-state index in [2.05, 4.69) is 5.32 Å². The molecule has 2 aromatic carbocycles. The van der Waals surface area contributed by atoms with Crippen molar-refractivity contribution in [2.45, 2.75) is 19.9 Å². The van der Waals surface area contributed by atoms with Crippen LogP contribution in [0.25, 0.3) is 0 Å². The highest BCUT2D eigenvalue weighted by Gasteiger charge is 2.44. The maximum atomic E-state index is 12.7. The zero-order valence-corrected chi connectivity index (χ0v) is 16.9. The van der Waals surface area contributed by atoms with Crippen LogP contribution in [0, 0.1) is 5.92 Å². The number of fused-ring (bicyclic) bond motifs is 1. The lowest BCUT2D eigenvalue weighted by Gasteiger charge is -2.27. The first-order chi connectivity index (χ1) is 14.3. The fraction of sp³-hybridized carbons (Fsp3) is 0.273. The molecule has 0 fully saturated rings. The Morgan fingerprint density at radius 1 is 1.00 bits per heavy atom. The minimum absolute atomic E-state index is 0.247. The minimum atomic E-state index is -1.14. The molecule has 30 heavy (non-hydrogen) atoms. The van der Waals surface area contributed by atoms with Crippen LogP contribution in [0.3, 0.4) is 0 Å². The van der Waals surface area contributed by atoms with Gasteiger partial charge in [-0.1, -0.05) is 32.0 Å². The van der Waals surface area contributed by atoms with Crippen LogP contribution in [0.5, 0.6) is 5.75 Å². The van der Waals surface area contributed by atoms with Crippen LogP contribution in [0.15, 0.2) is 48.5 Å². The Morgan fingerprint density at radius 3 is 2.20 bits per heavy atom. The molecular formula is C22H22N2O6. The van der Waals surface area contributed by atoms with Crippen molar-refractivity contribution in [1.29, 1.82) is 0 Å². The number of carbonyl (C=O) groups excluding carboxylic acids is 4. The number of ether oxygens (including phenoxy) is 2. The van der Waals surface area contributed by atoms with Gasteiger partial charge in [0, 0.05) is 11.8 Å². The van der Waals surface area contributed by atoms with Crippen molar-refractivity contribution in [2.24, 2.45) is 5.92 Å². The van der Waals surface area contributed by atoms with E-state index < -0.39 is 42.3 Å². The SMILES string of the molecule is COc1cccc(NC(=O)COC(=O)[C@H](C(C)C)N2C(=O)c3ccccc3C2=O)c1. The van der Waals surface area contributed by atoms with Gasteiger partial charge >= 0.3 is 5.97 Å². The van der Waals surface area contributed by atoms with Crippen LogP contribution >= 0.6 is 0 Å². The third-order valence-corrected chi connectivity index (χ3v) is 4.68. The van der Waals surface area contributed by atoms with E-state index >= 15 is 0 Å². The van der Waals surface area contributed by atoms with Gasteiger partial charge < -0.3 is 14.8 Å². The Hall–Kier alpha value is -3.68. The number of imide groups is 1. The van der Waals surface area contributed by atoms with Gasteiger partial charge in [0.2, 0.25) is 0 Å². The smallest absolute Gasteiger partial charge is 0.330 e. The topological polar surface area (TPSA) is 102 Å². The molecule has 3 rings (SSSR count). The highest BCUT2D eigenvalue weighted by molar-refractivity contribution is 6.22. The number of hydrogen-bond acceptors (Lipinski definition) is 6. The summed E-state index contributed by atoms with van der Waals surface area (Å²) in [7, 11) is 1.51. The summed E-state index contributed by atoms with van der Waals surface area (Å²) in [4.78, 5) is 51.2. The fourth-order valence-corrected chi connectivity index (χ4v) is 3.26. The van der Waals surface area contributed by atoms with E-state index in [1.807, 2.05) is 0 Å². The van der Waals surface area contributed by atoms with Gasteiger partial charge in [0.15, 0.2) is 6.61 Å². The molecule has 1 heterocycles. The van der Waals surface area contributed by atoms with Crippen LogP contribution in [0.4, 0.5) is 5.69 Å². The Kier molecular flexibility index (Phi) is 6.15. The number of carbonyl (C=O) groups is 4. The molecule has 0 bridgehead atoms. The summed E-state index contributed by atoms with van der Waals surface area (Å²) >= 11 is 0. The molecule has 0 aromatic heterocycles. The van der Waals surface area contributed by atoms with Crippen molar-refractivity contribution in [3.05, 3.63) is 59.7 Å². The fourth-order valence-electron chi connectivity index (χ4n) is 3.26. The predicted molar refractivity (Wildman–Crippen MR) is 108 cm³/mol. The van der Waals surface area contributed by atoms with Crippen molar-refractivity contribution in [3.8, 4) is 5.75 Å². The molecule has 0 saturated carbocycles. The molecular weight excluding hydrogens is 388 g/mol. The maximum Gasteiger partial charge on any atom is 0.330 e. The van der Waals surface area contributed by atoms with Gasteiger partial charge in [0.1, 0.15) is 11.8 Å². The van der Waals surface area contributed by atoms with Crippen molar-refractivity contribution >= 4 is 29.4 Å². The molecule has 3 amide bonds. The zero-order chi connectivity index (χ0) is 21.8. The Balaban J connectivity index is 1.67. The Labute approximate surface area is 173 Å². The second-order valence-electron chi connectivity index (χ2n) is 7.10. The van der Waals surface area contributed by atoms with Gasteiger partial charge in [-0.3, -0.25) is 19.3 Å². The van der Waals surface area contributed by atoms with E-state index in [4.69, 9.17) is 9.47 Å². The average molecular weight is 410 g/mol. The predicted octanol–water partition coefficient (Wildman–Crippen LogP) is 2.50. The van der Waals surface area contributed by atoms with Crippen LogP contribution in [-0.4, -0.2) is 48.3 Å². The number of esters is 1. The lowest BCUT2D eigenvalue weighted by Crippen LogP contribution is -2.49. The third kappa shape index (κ3) is 4.17. The average Bonchev–Trinajstić information content (AvgIpc) is 2.98. The number of hydrogen-bond donors (Lipinski definition) is 1. The number of amides is 3. The van der Waals surface area contributed by atoms with Crippen molar-refractivity contribution < 1.29 is 28.7 Å². The van der Waals surface area contributed by atoms with Crippen molar-refractivity contribution in [1.82, 2.24) is 4.90 Å². The second kappa shape index (κ2) is 8.77. The molecule has 156 valence electrons. The highest BCUT2D eigenvalue weighted by atomic mass is 16.5. The second-order valence-corrected chi connectivity index (χ2v) is 7.10. The number of anilines is 1. The maximum absolute atomic E-state index is 12.7. The molecule has 8 nitrogen and oxygen atoms in total. The van der Waals surface area contributed by atoms with Gasteiger partial charge in [0.05, 0.1) is 18.2 Å². The summed E-state index contributed by atoms with van der Waals surface area (Å²) in [5.41, 5.74) is 0.976. The summed E-state index contributed by atoms with van der Waals surface area (Å²) in [6.45, 7) is 2.85. The molecule has 1 aliphatic heterocycles. The zero-order valence-electron chi connectivity index (χ0n) is 16.9. The number of rotatable bonds is 7. The van der Waals surface area contributed by atoms with Gasteiger partial charge in [-0.25, -0.2) is 4.79 Å². The molecule has 1 N–H and O–H groups in total. The largest absolute Gasteiger partial charge is 0.497 e. The number of benzene rings is 2. The molecule has 1 atom stereocenters. The van der Waals surface area contributed by atoms with Crippen LogP contribution in [-0.2, 0) is 14.3 Å². The quantitative estimate of drug-likeness (QED) is 0.556. The summed E-state index contributed by atoms with van der Waals surface area (Å²) < 4.78 is 10.2. The monoisotopic (exact) mass is 410 g/mol. The van der Waals surface area contributed by atoms with E-state index in [1.54, 1.807) is 62.4 Å². The van der Waals surface area contributed by atoms with E-state index in [-0.39, 0.29) is 11.1 Å². The van der Waals surface area contributed by atoms with Gasteiger partial charge in [-0.05, 0) is 30.2 Å². The summed E-state index contributed by atoms with van der Waals surface area (Å²) in [6.07, 6.45) is 0. The van der Waals surface area contributed by atoms with Gasteiger partial charge in [0.25, 0.3) is 17.7 Å². The van der Waals surface area contributed by atoms with E-state index in [1.165, 1.54) is 7.11 Å². The number of methoxy groups -OCH3 is 1. The number of nitrogens with one attached hydrogen (secondary N) is 1. The standard InChI is InChI=1S/C22H22N2O6/c1-13(2)19(24-20(26)16-9-4-5-10-17(16)21(24)27)22(28)30-12-18(25)23-14-7-6-8-15(11-14)29-3/h4-11,13,19H,12H2,1-3H3,(H,23,25)/t19-/m0/s1. The van der Waals surface area contributed by atoms with Gasteiger partial charge in [-0.2, -0.15) is 0 Å². The Bertz CT molecular complexity index is 966. The molecule has 1 aliphatic rings. The van der Waals surface area contributed by atoms with E-state index in [0.29, 0.717) is 11.4 Å². The molecule has 0 spiro atoms. The lowest BCUT2D eigenvalue weighted by atomic mass is 10.0. The molecule has 0 unspecified atom stereocenters. The molecule has 2 aromatic rings. The van der Waals surface area contributed by atoms with Crippen molar-refractivity contribution in [3.63, 3.8) is 0 Å². The summed E-state index contributed by atoms with van der Waals surface area (Å²) in [5, 5.41) is 2.60. The lowest BCUT2D eigenvalue weighted by molar-refractivity contribution is -0.152. The minimum Gasteiger partial charge on any atom is -0.497 e. The van der Waals surface area contributed by atoms with Crippen LogP contribution in [0.1, 0.15) is 34.6 Å². The number of nitrogens with zero attached hydrogens (tertiary/aromatic N) is 1. The van der Waals surface area contributed by atoms with Crippen LogP contribution in [0.2, 0.25) is 0 Å². The first kappa shape index (κ1) is 21.0. The molecule has 8 heteroatoms. The summed E-state index contributed by atoms with van der Waals surface area (Å²) in [6, 6.07) is 12.0. The first-order valence-electron chi connectivity index (χ1n) is 9.41. The summed E-state index contributed by atoms with van der Waals surface area (Å²) in [5.74, 6) is -2.31. The molecule has 0 aliphatic carbocycles. The normalized spacial score (nSPS) is 13.8. The van der Waals surface area contributed by atoms with E-state index in [9.17, 15) is 19.2 Å². The van der Waals surface area contributed by atoms with E-state index in [0.717, 1.165) is 4.90 Å². The van der Waals surface area contributed by atoms with Gasteiger partial charge in [-0.15, -0.1) is 0 Å². The van der Waals surface area contributed by atoms with Crippen molar-refractivity contribution in [2.75, 3.05) is 19.0 Å². The molecule has 0 saturated heterocycles. The first-order valence-corrected chi connectivity index (χ1v) is 9.41. The molecule has 0 radical (unpaired) electrons. The highest BCUT2D eigenvalue weighted by Crippen LogP contribution is 2.27. The van der Waals surface area contributed by atoms with Crippen LogP contribution < -0.4 is 10.1 Å².